The number of ether oxygens (including phenoxy) is 2. The third kappa shape index (κ3) is 12.1. The molecule has 0 aliphatic heterocycles. The van der Waals surface area contributed by atoms with E-state index >= 15 is 0 Å². The molecule has 2 nitrogen and oxygen atoms in total. The van der Waals surface area contributed by atoms with Crippen LogP contribution >= 0.6 is 0 Å². The zero-order valence-electron chi connectivity index (χ0n) is 49.3. The number of hydrogen-bond donors (Lipinski definition) is 0. The van der Waals surface area contributed by atoms with E-state index in [0.29, 0.717) is 22.6 Å². The van der Waals surface area contributed by atoms with Gasteiger partial charge >= 0.3 is 0 Å². The summed E-state index contributed by atoms with van der Waals surface area (Å²) in [4.78, 5) is 0. The minimum Gasteiger partial charge on any atom is -0.488 e. The quantitative estimate of drug-likeness (QED) is 0.101. The van der Waals surface area contributed by atoms with Crippen molar-refractivity contribution in [2.24, 2.45) is 0 Å². The SMILES string of the molecule is Cc1ccccc1C#Cc1cc(OCc2cc(-c3ccccc3)c(-c3ccccc3)c(-c3ccccc3)c2-c2ccccc2)c(C#Cc2ccccc2C)cc1OCc1cc(-c2ccccc2)c(-c2ccccc2)c(-c2ccccc2)c1-c1ccccc1. The second-order valence-corrected chi connectivity index (χ2v) is 21.9. The molecule has 0 atom stereocenters. The lowest BCUT2D eigenvalue weighted by atomic mass is 9.80. The van der Waals surface area contributed by atoms with Gasteiger partial charge in [0.25, 0.3) is 0 Å². The summed E-state index contributed by atoms with van der Waals surface area (Å²) in [5.74, 6) is 15.6. The van der Waals surface area contributed by atoms with Crippen molar-refractivity contribution in [1.82, 2.24) is 0 Å². The summed E-state index contributed by atoms with van der Waals surface area (Å²) in [6.07, 6.45) is 0. The Hall–Kier alpha value is -11.4. The van der Waals surface area contributed by atoms with Crippen LogP contribution in [0.25, 0.3) is 89.0 Å². The second-order valence-electron chi connectivity index (χ2n) is 21.9. The first-order valence-electron chi connectivity index (χ1n) is 29.9. The molecular formula is C86H62O2. The molecule has 0 amide bonds. The monoisotopic (exact) mass is 1130 g/mol. The summed E-state index contributed by atoms with van der Waals surface area (Å²) in [5.41, 5.74) is 25.2. The highest BCUT2D eigenvalue weighted by atomic mass is 16.5. The molecule has 0 bridgehead atoms. The predicted molar refractivity (Wildman–Crippen MR) is 366 cm³/mol. The molecule has 0 saturated carbocycles. The Morgan fingerprint density at radius 1 is 0.227 bits per heavy atom. The molecule has 0 radical (unpaired) electrons. The molecule has 88 heavy (non-hydrogen) atoms. The molecule has 0 aliphatic carbocycles. The van der Waals surface area contributed by atoms with Crippen molar-refractivity contribution >= 4 is 0 Å². The summed E-state index contributed by atoms with van der Waals surface area (Å²) >= 11 is 0. The van der Waals surface area contributed by atoms with E-state index in [9.17, 15) is 0 Å². The molecule has 0 heterocycles. The van der Waals surface area contributed by atoms with Gasteiger partial charge in [0.2, 0.25) is 0 Å². The first kappa shape index (κ1) is 55.8. The van der Waals surface area contributed by atoms with Gasteiger partial charge in [-0.25, -0.2) is 0 Å². The first-order chi connectivity index (χ1) is 43.5. The number of benzene rings is 13. The second kappa shape index (κ2) is 26.2. The van der Waals surface area contributed by atoms with Crippen LogP contribution in [0.3, 0.4) is 0 Å². The fourth-order valence-corrected chi connectivity index (χ4v) is 11.9. The Morgan fingerprint density at radius 2 is 0.466 bits per heavy atom. The van der Waals surface area contributed by atoms with Crippen LogP contribution in [0.5, 0.6) is 11.5 Å². The Labute approximate surface area is 517 Å². The van der Waals surface area contributed by atoms with Gasteiger partial charge in [0.05, 0.1) is 11.1 Å². The average Bonchev–Trinajstić information content (AvgIpc) is 0.969. The van der Waals surface area contributed by atoms with Crippen molar-refractivity contribution in [2.45, 2.75) is 27.1 Å². The molecule has 418 valence electrons. The smallest absolute Gasteiger partial charge is 0.136 e. The van der Waals surface area contributed by atoms with E-state index in [0.717, 1.165) is 122 Å². The zero-order valence-corrected chi connectivity index (χ0v) is 49.3. The molecule has 0 saturated heterocycles. The highest BCUT2D eigenvalue weighted by Crippen LogP contribution is 2.50. The molecule has 0 fully saturated rings. The van der Waals surface area contributed by atoms with E-state index in [2.05, 4.69) is 317 Å². The Balaban J connectivity index is 1.03. The van der Waals surface area contributed by atoms with Crippen molar-refractivity contribution in [3.05, 3.63) is 360 Å². The topological polar surface area (TPSA) is 18.5 Å². The molecule has 0 spiro atoms. The molecule has 13 aromatic rings. The van der Waals surface area contributed by atoms with Gasteiger partial charge in [0.1, 0.15) is 24.7 Å². The lowest BCUT2D eigenvalue weighted by Crippen LogP contribution is -2.06. The fraction of sp³-hybridized carbons (Fsp3) is 0.0465. The summed E-state index contributed by atoms with van der Waals surface area (Å²) in [7, 11) is 0. The van der Waals surface area contributed by atoms with E-state index in [-0.39, 0.29) is 13.2 Å². The van der Waals surface area contributed by atoms with Gasteiger partial charge < -0.3 is 9.47 Å². The van der Waals surface area contributed by atoms with Crippen molar-refractivity contribution in [3.8, 4) is 124 Å². The number of rotatable bonds is 14. The van der Waals surface area contributed by atoms with Gasteiger partial charge in [-0.15, -0.1) is 0 Å². The maximum Gasteiger partial charge on any atom is 0.136 e. The van der Waals surface area contributed by atoms with Crippen LogP contribution in [-0.4, -0.2) is 0 Å². The minimum atomic E-state index is 0.210. The first-order valence-corrected chi connectivity index (χ1v) is 29.9. The number of aryl methyl sites for hydroxylation is 2. The molecule has 2 heteroatoms. The highest BCUT2D eigenvalue weighted by molar-refractivity contribution is 6.04. The van der Waals surface area contributed by atoms with Crippen LogP contribution in [0.1, 0.15) is 44.5 Å². The summed E-state index contributed by atoms with van der Waals surface area (Å²) < 4.78 is 14.8. The van der Waals surface area contributed by atoms with Crippen molar-refractivity contribution in [3.63, 3.8) is 0 Å². The van der Waals surface area contributed by atoms with Gasteiger partial charge in [-0.05, 0) is 149 Å². The van der Waals surface area contributed by atoms with Gasteiger partial charge in [-0.1, -0.05) is 303 Å². The fourth-order valence-electron chi connectivity index (χ4n) is 11.9. The Bertz CT molecular complexity index is 4390. The van der Waals surface area contributed by atoms with Crippen LogP contribution in [0.2, 0.25) is 0 Å². The van der Waals surface area contributed by atoms with E-state index in [1.54, 1.807) is 0 Å². The van der Waals surface area contributed by atoms with E-state index in [1.165, 1.54) is 0 Å². The Kier molecular flexibility index (Phi) is 16.6. The van der Waals surface area contributed by atoms with Crippen LogP contribution in [0.4, 0.5) is 0 Å². The minimum absolute atomic E-state index is 0.210. The highest BCUT2D eigenvalue weighted by Gasteiger charge is 2.26. The van der Waals surface area contributed by atoms with Crippen LogP contribution in [0.15, 0.2) is 315 Å². The average molecular weight is 1130 g/mol. The van der Waals surface area contributed by atoms with Crippen molar-refractivity contribution in [2.75, 3.05) is 0 Å². The molecule has 0 aliphatic rings. The standard InChI is InChI=1S/C86H62O2/c1-61-31-27-29-33-63(61)51-53-73-57-80(88-60-76-56-78(66-37-13-4-14-38-66)84(70-45-21-8-22-46-70)86(72-49-25-10-26-50-72)82(76)68-41-17-6-18-42-68)74(54-52-64-34-30-28-32-62(64)2)58-79(73)87-59-75-55-77(65-35-11-3-12-36-65)83(69-43-19-7-20-44-69)85(71-47-23-9-24-48-71)81(75)67-39-15-5-16-40-67/h3-50,55-58H,59-60H2,1-2H3. The summed E-state index contributed by atoms with van der Waals surface area (Å²) in [6.45, 7) is 4.61. The van der Waals surface area contributed by atoms with E-state index in [4.69, 9.17) is 9.47 Å². The lowest BCUT2D eigenvalue weighted by molar-refractivity contribution is 0.296. The van der Waals surface area contributed by atoms with Crippen LogP contribution in [-0.2, 0) is 13.2 Å². The van der Waals surface area contributed by atoms with Crippen molar-refractivity contribution in [1.29, 1.82) is 0 Å². The molecule has 0 unspecified atom stereocenters. The largest absolute Gasteiger partial charge is 0.488 e. The van der Waals surface area contributed by atoms with E-state index in [1.807, 2.05) is 36.4 Å². The Morgan fingerprint density at radius 3 is 0.761 bits per heavy atom. The van der Waals surface area contributed by atoms with Gasteiger partial charge in [-0.3, -0.25) is 0 Å². The maximum atomic E-state index is 7.40. The van der Waals surface area contributed by atoms with Crippen LogP contribution in [0, 0.1) is 37.5 Å². The predicted octanol–water partition coefficient (Wildman–Crippen LogP) is 21.6. The van der Waals surface area contributed by atoms with Gasteiger partial charge in [0, 0.05) is 23.3 Å². The number of hydrogen-bond acceptors (Lipinski definition) is 2. The normalized spacial score (nSPS) is 10.8. The zero-order chi connectivity index (χ0) is 59.4. The van der Waals surface area contributed by atoms with Crippen LogP contribution < -0.4 is 9.47 Å². The molecule has 0 aromatic heterocycles. The molecule has 13 aromatic carbocycles. The molecule has 13 rings (SSSR count). The molecular weight excluding hydrogens is 1060 g/mol. The van der Waals surface area contributed by atoms with Gasteiger partial charge in [-0.2, -0.15) is 0 Å². The van der Waals surface area contributed by atoms with E-state index < -0.39 is 0 Å². The third-order valence-corrected chi connectivity index (χ3v) is 16.2. The van der Waals surface area contributed by atoms with Gasteiger partial charge in [0.15, 0.2) is 0 Å². The van der Waals surface area contributed by atoms with Crippen molar-refractivity contribution < 1.29 is 9.47 Å². The molecule has 0 N–H and O–H groups in total. The summed E-state index contributed by atoms with van der Waals surface area (Å²) in [6, 6.07) is 111. The maximum absolute atomic E-state index is 7.40. The summed E-state index contributed by atoms with van der Waals surface area (Å²) in [5, 5.41) is 0. The third-order valence-electron chi connectivity index (χ3n) is 16.2. The lowest BCUT2D eigenvalue weighted by Gasteiger charge is -2.25.